The summed E-state index contributed by atoms with van der Waals surface area (Å²) >= 11 is 0. The van der Waals surface area contributed by atoms with E-state index in [0.717, 1.165) is 17.0 Å². The van der Waals surface area contributed by atoms with Gasteiger partial charge >= 0.3 is 0 Å². The first-order valence-corrected chi connectivity index (χ1v) is 6.71. The van der Waals surface area contributed by atoms with Crippen LogP contribution in [0.15, 0.2) is 36.5 Å². The molecule has 2 heterocycles. The molecule has 0 saturated heterocycles. The van der Waals surface area contributed by atoms with E-state index in [0.29, 0.717) is 23.1 Å². The number of hydrogen-bond donors (Lipinski definition) is 3. The summed E-state index contributed by atoms with van der Waals surface area (Å²) in [6.07, 6.45) is 1.62. The van der Waals surface area contributed by atoms with Crippen molar-refractivity contribution in [1.29, 1.82) is 0 Å². The molecule has 1 aromatic carbocycles. The van der Waals surface area contributed by atoms with E-state index in [2.05, 4.69) is 25.5 Å². The Kier molecular flexibility index (Phi) is 3.61. The zero-order chi connectivity index (χ0) is 15.5. The van der Waals surface area contributed by atoms with Crippen LogP contribution in [0, 0.1) is 6.92 Å². The quantitative estimate of drug-likeness (QED) is 0.683. The molecule has 22 heavy (non-hydrogen) atoms. The number of H-pyrrole nitrogens is 1. The van der Waals surface area contributed by atoms with Crippen molar-refractivity contribution in [2.75, 3.05) is 18.2 Å². The van der Waals surface area contributed by atoms with Gasteiger partial charge in [0.05, 0.1) is 13.3 Å². The number of aromatic amines is 1. The predicted octanol–water partition coefficient (Wildman–Crippen LogP) is 2.51. The second-order valence-electron chi connectivity index (χ2n) is 4.78. The number of nitrogens with two attached hydrogens (primary N) is 1. The molecule has 0 aliphatic carbocycles. The maximum Gasteiger partial charge on any atom is 0.153 e. The minimum absolute atomic E-state index is 0.338. The Morgan fingerprint density at radius 2 is 2.09 bits per heavy atom. The molecule has 3 aromatic rings. The van der Waals surface area contributed by atoms with Crippen molar-refractivity contribution in [3.05, 3.63) is 42.2 Å². The third-order valence-electron chi connectivity index (χ3n) is 3.10. The number of nitrogen functional groups attached to an aromatic ring is 1. The monoisotopic (exact) mass is 296 g/mol. The molecule has 0 atom stereocenters. The second-order valence-corrected chi connectivity index (χ2v) is 4.78. The van der Waals surface area contributed by atoms with Crippen molar-refractivity contribution in [2.45, 2.75) is 6.92 Å². The van der Waals surface area contributed by atoms with E-state index in [-0.39, 0.29) is 0 Å². The lowest BCUT2D eigenvalue weighted by atomic mass is 10.1. The first-order chi connectivity index (χ1) is 10.7. The number of hydrogen-bond acceptors (Lipinski definition) is 6. The number of aryl methyl sites for hydroxylation is 1. The summed E-state index contributed by atoms with van der Waals surface area (Å²) in [7, 11) is 1.62. The van der Waals surface area contributed by atoms with Gasteiger partial charge in [-0.15, -0.1) is 0 Å². The van der Waals surface area contributed by atoms with Crippen LogP contribution in [0.1, 0.15) is 5.69 Å². The van der Waals surface area contributed by atoms with Gasteiger partial charge in [-0.3, -0.25) is 5.10 Å². The average molecular weight is 296 g/mol. The Labute approximate surface area is 127 Å². The van der Waals surface area contributed by atoms with Gasteiger partial charge in [0.1, 0.15) is 11.4 Å². The molecule has 3 rings (SSSR count). The molecule has 0 radical (unpaired) electrons. The molecular formula is C15H16N6O. The summed E-state index contributed by atoms with van der Waals surface area (Å²) in [6.45, 7) is 1.92. The summed E-state index contributed by atoms with van der Waals surface area (Å²) in [4.78, 5) is 8.70. The zero-order valence-electron chi connectivity index (χ0n) is 12.3. The number of aromatic nitrogens is 4. The van der Waals surface area contributed by atoms with Crippen molar-refractivity contribution in [3.8, 4) is 17.0 Å². The third-order valence-corrected chi connectivity index (χ3v) is 3.10. The predicted molar refractivity (Wildman–Crippen MR) is 85.0 cm³/mol. The molecule has 0 bridgehead atoms. The first-order valence-electron chi connectivity index (χ1n) is 6.71. The van der Waals surface area contributed by atoms with Gasteiger partial charge in [0.15, 0.2) is 17.5 Å². The fourth-order valence-corrected chi connectivity index (χ4v) is 2.07. The zero-order valence-corrected chi connectivity index (χ0v) is 12.3. The number of nitrogens with zero attached hydrogens (tertiary/aromatic N) is 3. The lowest BCUT2D eigenvalue weighted by Gasteiger charge is -2.08. The van der Waals surface area contributed by atoms with Crippen molar-refractivity contribution in [2.24, 2.45) is 0 Å². The summed E-state index contributed by atoms with van der Waals surface area (Å²) in [5, 5.41) is 9.98. The smallest absolute Gasteiger partial charge is 0.153 e. The molecule has 0 aliphatic rings. The number of rotatable bonds is 4. The molecule has 0 unspecified atom stereocenters. The largest absolute Gasteiger partial charge is 0.497 e. The van der Waals surface area contributed by atoms with Crippen molar-refractivity contribution >= 4 is 17.5 Å². The van der Waals surface area contributed by atoms with E-state index >= 15 is 0 Å². The van der Waals surface area contributed by atoms with Crippen LogP contribution in [-0.4, -0.2) is 27.3 Å². The fourth-order valence-electron chi connectivity index (χ4n) is 2.07. The summed E-state index contributed by atoms with van der Waals surface area (Å²) < 4.78 is 5.21. The molecule has 0 aliphatic heterocycles. The van der Waals surface area contributed by atoms with Crippen LogP contribution in [-0.2, 0) is 0 Å². The van der Waals surface area contributed by atoms with Crippen LogP contribution < -0.4 is 15.8 Å². The van der Waals surface area contributed by atoms with E-state index in [1.807, 2.05) is 37.3 Å². The SMILES string of the molecule is COc1cccc(-c2ncc(Nc3cc(C)[nH]n3)nc2N)c1. The van der Waals surface area contributed by atoms with E-state index in [1.165, 1.54) is 0 Å². The van der Waals surface area contributed by atoms with Crippen molar-refractivity contribution in [3.63, 3.8) is 0 Å². The van der Waals surface area contributed by atoms with Crippen LogP contribution in [0.4, 0.5) is 17.5 Å². The molecule has 0 saturated carbocycles. The van der Waals surface area contributed by atoms with Gasteiger partial charge in [-0.2, -0.15) is 5.10 Å². The highest BCUT2D eigenvalue weighted by Gasteiger charge is 2.09. The number of nitrogens with one attached hydrogen (secondary N) is 2. The minimum Gasteiger partial charge on any atom is -0.497 e. The molecule has 7 heteroatoms. The molecule has 0 amide bonds. The first kappa shape index (κ1) is 13.9. The van der Waals surface area contributed by atoms with E-state index in [1.54, 1.807) is 13.3 Å². The minimum atomic E-state index is 0.338. The molecule has 4 N–H and O–H groups in total. The fraction of sp³-hybridized carbons (Fsp3) is 0.133. The van der Waals surface area contributed by atoms with Gasteiger partial charge in [-0.1, -0.05) is 12.1 Å². The number of ether oxygens (including phenoxy) is 1. The normalized spacial score (nSPS) is 10.5. The Hall–Kier alpha value is -3.09. The summed E-state index contributed by atoms with van der Waals surface area (Å²) in [6, 6.07) is 9.39. The number of benzene rings is 1. The van der Waals surface area contributed by atoms with Crippen LogP contribution in [0.2, 0.25) is 0 Å². The van der Waals surface area contributed by atoms with Crippen LogP contribution in [0.25, 0.3) is 11.3 Å². The summed E-state index contributed by atoms with van der Waals surface area (Å²) in [5.74, 6) is 2.29. The highest BCUT2D eigenvalue weighted by atomic mass is 16.5. The topological polar surface area (TPSA) is 102 Å². The number of anilines is 3. The van der Waals surface area contributed by atoms with E-state index in [4.69, 9.17) is 10.5 Å². The Balaban J connectivity index is 1.88. The lowest BCUT2D eigenvalue weighted by Crippen LogP contribution is -2.02. The van der Waals surface area contributed by atoms with Crippen LogP contribution >= 0.6 is 0 Å². The van der Waals surface area contributed by atoms with E-state index in [9.17, 15) is 0 Å². The molecule has 112 valence electrons. The van der Waals surface area contributed by atoms with Gasteiger partial charge in [0, 0.05) is 17.3 Å². The second kappa shape index (κ2) is 5.72. The lowest BCUT2D eigenvalue weighted by molar-refractivity contribution is 0.415. The van der Waals surface area contributed by atoms with Crippen molar-refractivity contribution < 1.29 is 4.74 Å². The van der Waals surface area contributed by atoms with Crippen molar-refractivity contribution in [1.82, 2.24) is 20.2 Å². The Morgan fingerprint density at radius 3 is 2.77 bits per heavy atom. The van der Waals surface area contributed by atoms with Gasteiger partial charge in [0.2, 0.25) is 0 Å². The number of methoxy groups -OCH3 is 1. The van der Waals surface area contributed by atoms with Crippen LogP contribution in [0.3, 0.4) is 0 Å². The van der Waals surface area contributed by atoms with E-state index < -0.39 is 0 Å². The highest BCUT2D eigenvalue weighted by Crippen LogP contribution is 2.26. The Morgan fingerprint density at radius 1 is 1.23 bits per heavy atom. The molecular weight excluding hydrogens is 280 g/mol. The average Bonchev–Trinajstić information content (AvgIpc) is 2.92. The standard InChI is InChI=1S/C15H16N6O/c1-9-6-12(21-20-9)18-13-8-17-14(15(16)19-13)10-4-3-5-11(7-10)22-2/h3-8H,1-2H3,(H4,16,18,19,20,21). The summed E-state index contributed by atoms with van der Waals surface area (Å²) in [5.41, 5.74) is 8.44. The van der Waals surface area contributed by atoms with Gasteiger partial charge in [0.25, 0.3) is 0 Å². The third kappa shape index (κ3) is 2.83. The molecule has 0 fully saturated rings. The molecule has 7 nitrogen and oxygen atoms in total. The van der Waals surface area contributed by atoms with Gasteiger partial charge in [-0.05, 0) is 19.1 Å². The van der Waals surface area contributed by atoms with Crippen LogP contribution in [0.5, 0.6) is 5.75 Å². The maximum absolute atomic E-state index is 6.02. The van der Waals surface area contributed by atoms with Gasteiger partial charge in [-0.25, -0.2) is 9.97 Å². The highest BCUT2D eigenvalue weighted by molar-refractivity contribution is 5.72. The molecule has 2 aromatic heterocycles. The Bertz CT molecular complexity index is 798. The molecule has 0 spiro atoms. The maximum atomic E-state index is 6.02. The van der Waals surface area contributed by atoms with Gasteiger partial charge < -0.3 is 15.8 Å².